The number of fused-ring (bicyclic) bond motifs is 1. The highest BCUT2D eigenvalue weighted by Gasteiger charge is 2.29. The molecule has 1 aliphatic rings. The van der Waals surface area contributed by atoms with Crippen molar-refractivity contribution >= 4 is 22.7 Å². The highest BCUT2D eigenvalue weighted by Crippen LogP contribution is 2.32. The first-order valence-corrected chi connectivity index (χ1v) is 9.56. The molecule has 0 spiro atoms. The molecule has 0 bridgehead atoms. The topological polar surface area (TPSA) is 85.4 Å². The molecule has 4 rings (SSSR count). The maximum absolute atomic E-state index is 12.8. The Morgan fingerprint density at radius 3 is 2.79 bits per heavy atom. The van der Waals surface area contributed by atoms with Crippen molar-refractivity contribution in [1.82, 2.24) is 15.2 Å². The molecule has 0 aliphatic carbocycles. The van der Waals surface area contributed by atoms with E-state index in [1.54, 1.807) is 12.1 Å². The van der Waals surface area contributed by atoms with E-state index in [9.17, 15) is 14.7 Å². The molecular formula is C22H23N3O3. The van der Waals surface area contributed by atoms with Crippen LogP contribution >= 0.6 is 0 Å². The first-order valence-electron chi connectivity index (χ1n) is 9.56. The average molecular weight is 377 g/mol. The Kier molecular flexibility index (Phi) is 5.02. The van der Waals surface area contributed by atoms with Gasteiger partial charge in [0.15, 0.2) is 0 Å². The van der Waals surface area contributed by atoms with Crippen LogP contribution in [0, 0.1) is 0 Å². The molecule has 6 nitrogen and oxygen atoms in total. The molecule has 1 atom stereocenters. The lowest BCUT2D eigenvalue weighted by molar-refractivity contribution is -0.134. The van der Waals surface area contributed by atoms with Crippen LogP contribution in [-0.4, -0.2) is 39.9 Å². The number of nitrogens with one attached hydrogen (secondary N) is 2. The number of para-hydroxylation sites is 1. The Morgan fingerprint density at radius 2 is 1.96 bits per heavy atom. The largest absolute Gasteiger partial charge is 0.508 e. The number of aromatic amines is 1. The fourth-order valence-electron chi connectivity index (χ4n) is 3.84. The minimum Gasteiger partial charge on any atom is -0.508 e. The van der Waals surface area contributed by atoms with Crippen LogP contribution in [0.2, 0.25) is 0 Å². The number of amides is 2. The lowest BCUT2D eigenvalue weighted by atomic mass is 9.99. The third-order valence-electron chi connectivity index (χ3n) is 5.24. The van der Waals surface area contributed by atoms with Gasteiger partial charge in [0, 0.05) is 23.3 Å². The van der Waals surface area contributed by atoms with Gasteiger partial charge in [-0.15, -0.1) is 0 Å². The lowest BCUT2D eigenvalue weighted by Gasteiger charge is -2.35. The molecule has 28 heavy (non-hydrogen) atoms. The third kappa shape index (κ3) is 3.71. The van der Waals surface area contributed by atoms with Gasteiger partial charge in [0.05, 0.1) is 12.6 Å². The van der Waals surface area contributed by atoms with Gasteiger partial charge >= 0.3 is 0 Å². The molecule has 2 amide bonds. The van der Waals surface area contributed by atoms with Gasteiger partial charge in [-0.1, -0.05) is 24.3 Å². The van der Waals surface area contributed by atoms with Crippen LogP contribution in [0.15, 0.2) is 54.6 Å². The number of H-pyrrole nitrogens is 1. The molecule has 0 saturated carbocycles. The summed E-state index contributed by atoms with van der Waals surface area (Å²) in [6, 6.07) is 16.3. The van der Waals surface area contributed by atoms with Crippen LogP contribution in [0.5, 0.6) is 5.75 Å². The van der Waals surface area contributed by atoms with Crippen molar-refractivity contribution in [3.63, 3.8) is 0 Å². The lowest BCUT2D eigenvalue weighted by Crippen LogP contribution is -2.44. The SMILES string of the molecule is O=C(NCC(=O)N1CCCCC1c1cc2ccccc2[nH]1)c1cccc(O)c1. The number of phenols is 1. The van der Waals surface area contributed by atoms with Crippen molar-refractivity contribution < 1.29 is 14.7 Å². The summed E-state index contributed by atoms with van der Waals surface area (Å²) in [6.45, 7) is 0.617. The molecule has 1 aliphatic heterocycles. The normalized spacial score (nSPS) is 16.9. The van der Waals surface area contributed by atoms with Crippen LogP contribution < -0.4 is 5.32 Å². The van der Waals surface area contributed by atoms with Crippen molar-refractivity contribution in [3.8, 4) is 5.75 Å². The molecule has 144 valence electrons. The monoisotopic (exact) mass is 377 g/mol. The quantitative estimate of drug-likeness (QED) is 0.652. The number of likely N-dealkylation sites (tertiary alicyclic amines) is 1. The Labute approximate surface area is 163 Å². The Morgan fingerprint density at radius 1 is 1.11 bits per heavy atom. The number of hydrogen-bond donors (Lipinski definition) is 3. The number of phenolic OH excluding ortho intramolecular Hbond substituents is 1. The molecule has 1 saturated heterocycles. The van der Waals surface area contributed by atoms with E-state index < -0.39 is 0 Å². The first-order chi connectivity index (χ1) is 13.6. The summed E-state index contributed by atoms with van der Waals surface area (Å²) in [5, 5.41) is 13.3. The number of benzene rings is 2. The van der Waals surface area contributed by atoms with Crippen molar-refractivity contribution in [2.45, 2.75) is 25.3 Å². The van der Waals surface area contributed by atoms with E-state index >= 15 is 0 Å². The van der Waals surface area contributed by atoms with Crippen LogP contribution in [0.4, 0.5) is 0 Å². The van der Waals surface area contributed by atoms with Gasteiger partial charge in [-0.2, -0.15) is 0 Å². The molecule has 2 heterocycles. The fraction of sp³-hybridized carbons (Fsp3) is 0.273. The number of carbonyl (C=O) groups excluding carboxylic acids is 2. The summed E-state index contributed by atoms with van der Waals surface area (Å²) in [7, 11) is 0. The number of hydrogen-bond acceptors (Lipinski definition) is 3. The molecule has 1 aromatic heterocycles. The number of aromatic nitrogens is 1. The number of rotatable bonds is 4. The predicted molar refractivity (Wildman–Crippen MR) is 107 cm³/mol. The van der Waals surface area contributed by atoms with Crippen LogP contribution in [-0.2, 0) is 4.79 Å². The maximum Gasteiger partial charge on any atom is 0.251 e. The molecule has 1 fully saturated rings. The van der Waals surface area contributed by atoms with Crippen molar-refractivity contribution in [1.29, 1.82) is 0 Å². The van der Waals surface area contributed by atoms with Gasteiger partial charge in [0.1, 0.15) is 5.75 Å². The number of aromatic hydroxyl groups is 1. The second-order valence-electron chi connectivity index (χ2n) is 7.14. The molecule has 3 N–H and O–H groups in total. The minimum absolute atomic E-state index is 0.00804. The van der Waals surface area contributed by atoms with Gasteiger partial charge in [-0.05, 0) is 55.0 Å². The Bertz CT molecular complexity index is 978. The Balaban J connectivity index is 1.46. The highest BCUT2D eigenvalue weighted by atomic mass is 16.3. The smallest absolute Gasteiger partial charge is 0.251 e. The third-order valence-corrected chi connectivity index (χ3v) is 5.24. The van der Waals surface area contributed by atoms with Gasteiger partial charge in [-0.3, -0.25) is 9.59 Å². The van der Waals surface area contributed by atoms with Gasteiger partial charge in [0.2, 0.25) is 5.91 Å². The molecular weight excluding hydrogens is 354 g/mol. The van der Waals surface area contributed by atoms with Crippen LogP contribution in [0.1, 0.15) is 41.4 Å². The van der Waals surface area contributed by atoms with Crippen molar-refractivity contribution in [2.75, 3.05) is 13.1 Å². The maximum atomic E-state index is 12.8. The zero-order chi connectivity index (χ0) is 19.5. The number of piperidine rings is 1. The molecule has 1 unspecified atom stereocenters. The fourth-order valence-corrected chi connectivity index (χ4v) is 3.84. The molecule has 0 radical (unpaired) electrons. The zero-order valence-electron chi connectivity index (χ0n) is 15.5. The second kappa shape index (κ2) is 7.76. The van der Waals surface area contributed by atoms with E-state index in [2.05, 4.69) is 22.4 Å². The Hall–Kier alpha value is -3.28. The van der Waals surface area contributed by atoms with Crippen molar-refractivity contribution in [3.05, 3.63) is 65.9 Å². The summed E-state index contributed by atoms with van der Waals surface area (Å²) in [5.74, 6) is -0.450. The van der Waals surface area contributed by atoms with Gasteiger partial charge < -0.3 is 20.3 Å². The van der Waals surface area contributed by atoms with Gasteiger partial charge in [-0.25, -0.2) is 0 Å². The summed E-state index contributed by atoms with van der Waals surface area (Å²) in [4.78, 5) is 30.4. The van der Waals surface area contributed by atoms with Crippen LogP contribution in [0.25, 0.3) is 10.9 Å². The first kappa shape index (κ1) is 18.1. The van der Waals surface area contributed by atoms with Crippen molar-refractivity contribution in [2.24, 2.45) is 0 Å². The summed E-state index contributed by atoms with van der Waals surface area (Å²) >= 11 is 0. The van der Waals surface area contributed by atoms with E-state index in [1.165, 1.54) is 12.1 Å². The second-order valence-corrected chi connectivity index (χ2v) is 7.14. The molecule has 6 heteroatoms. The summed E-state index contributed by atoms with van der Waals surface area (Å²) in [6.07, 6.45) is 2.93. The number of carbonyl (C=O) groups is 2. The van der Waals surface area contributed by atoms with Gasteiger partial charge in [0.25, 0.3) is 5.91 Å². The zero-order valence-corrected chi connectivity index (χ0v) is 15.5. The van der Waals surface area contributed by atoms with E-state index in [4.69, 9.17) is 0 Å². The summed E-state index contributed by atoms with van der Waals surface area (Å²) in [5.41, 5.74) is 2.43. The van der Waals surface area contributed by atoms with E-state index in [0.717, 1.165) is 35.9 Å². The molecule has 2 aromatic carbocycles. The average Bonchev–Trinajstić information content (AvgIpc) is 3.16. The number of nitrogens with zero attached hydrogens (tertiary/aromatic N) is 1. The predicted octanol–water partition coefficient (Wildman–Crippen LogP) is 3.36. The molecule has 3 aromatic rings. The van der Waals surface area contributed by atoms with Crippen LogP contribution in [0.3, 0.4) is 0 Å². The standard InChI is InChI=1S/C22H23N3O3/c26-17-8-5-7-16(12-17)22(28)23-14-21(27)25-11-4-3-10-20(25)19-13-15-6-1-2-9-18(15)24-19/h1-2,5-9,12-13,20,24,26H,3-4,10-11,14H2,(H,23,28). The summed E-state index contributed by atoms with van der Waals surface area (Å²) < 4.78 is 0. The minimum atomic E-state index is -0.372. The van der Waals surface area contributed by atoms with E-state index in [1.807, 2.05) is 23.1 Å². The highest BCUT2D eigenvalue weighted by molar-refractivity contribution is 5.96. The van der Waals surface area contributed by atoms with E-state index in [0.29, 0.717) is 12.1 Å². The van der Waals surface area contributed by atoms with E-state index in [-0.39, 0.29) is 30.2 Å².